The zero-order valence-corrected chi connectivity index (χ0v) is 23.5. The molecule has 0 unspecified atom stereocenters. The van der Waals surface area contributed by atoms with Gasteiger partial charge in [-0.05, 0) is 62.2 Å². The van der Waals surface area contributed by atoms with Crippen molar-refractivity contribution in [2.45, 2.75) is 20.8 Å². The Bertz CT molecular complexity index is 2380. The summed E-state index contributed by atoms with van der Waals surface area (Å²) in [4.78, 5) is 0. The molecule has 0 bridgehead atoms. The van der Waals surface area contributed by atoms with Crippen LogP contribution < -0.4 is 0 Å². The summed E-state index contributed by atoms with van der Waals surface area (Å²) in [6.07, 6.45) is 0. The van der Waals surface area contributed by atoms with E-state index in [-0.39, 0.29) is 0 Å². The van der Waals surface area contributed by atoms with Crippen LogP contribution in [0.4, 0.5) is 0 Å². The molecule has 0 saturated heterocycles. The Morgan fingerprint density at radius 3 is 1.97 bits per heavy atom. The molecule has 3 aromatic carbocycles. The number of aryl methyl sites for hydroxylation is 3. The zero-order chi connectivity index (χ0) is 24.6. The van der Waals surface area contributed by atoms with Crippen molar-refractivity contribution in [3.05, 3.63) is 77.4 Å². The Morgan fingerprint density at radius 1 is 0.541 bits per heavy atom. The summed E-state index contributed by atoms with van der Waals surface area (Å²) in [5.74, 6) is 0. The molecule has 0 N–H and O–H groups in total. The minimum absolute atomic E-state index is 0.966. The van der Waals surface area contributed by atoms with Gasteiger partial charge in [-0.1, -0.05) is 35.9 Å². The van der Waals surface area contributed by atoms with Crippen LogP contribution in [0, 0.1) is 20.8 Å². The topological polar surface area (TPSA) is 18.1 Å². The molecule has 6 heterocycles. The Balaban J connectivity index is 1.46. The lowest BCUT2D eigenvalue weighted by molar-refractivity contribution is 0.673. The highest BCUT2D eigenvalue weighted by Gasteiger charge is 2.27. The number of aromatic nitrogens is 1. The molecule has 0 atom stereocenters. The summed E-state index contributed by atoms with van der Waals surface area (Å²) in [5.41, 5.74) is 9.45. The molecule has 0 saturated carbocycles. The normalized spacial score (nSPS) is 12.7. The Kier molecular flexibility index (Phi) is 3.96. The standard InChI is InChI=1S/C31H19NOS4/c1-14-4-8-17(9-5-14)32-22-18-10-6-15(2)12-20(18)33-24(22)26-23(32)27-29(36-26)31-30(37-27)28-25(35-31)19-11-7-16(3)13-21(19)34-28/h4-13H,1-3H3. The largest absolute Gasteiger partial charge is 0.453 e. The van der Waals surface area contributed by atoms with Crippen LogP contribution in [0.15, 0.2) is 65.1 Å². The molecule has 9 aromatic rings. The first-order chi connectivity index (χ1) is 18.0. The molecule has 0 aliphatic carbocycles. The van der Waals surface area contributed by atoms with Gasteiger partial charge in [-0.25, -0.2) is 0 Å². The van der Waals surface area contributed by atoms with E-state index in [9.17, 15) is 0 Å². The van der Waals surface area contributed by atoms with Crippen LogP contribution in [0.2, 0.25) is 0 Å². The van der Waals surface area contributed by atoms with Gasteiger partial charge in [-0.15, -0.1) is 45.3 Å². The van der Waals surface area contributed by atoms with Crippen molar-refractivity contribution in [2.24, 2.45) is 0 Å². The van der Waals surface area contributed by atoms with Gasteiger partial charge in [0.2, 0.25) is 0 Å². The van der Waals surface area contributed by atoms with Gasteiger partial charge in [0, 0.05) is 21.2 Å². The van der Waals surface area contributed by atoms with E-state index in [4.69, 9.17) is 4.42 Å². The maximum absolute atomic E-state index is 6.60. The SMILES string of the molecule is Cc1ccc(-n2c3c4ccc(C)cc4oc3c3sc4c5sc6c7ccc(C)cc7sc6c5sc4c32)cc1. The van der Waals surface area contributed by atoms with Crippen LogP contribution in [-0.2, 0) is 0 Å². The van der Waals surface area contributed by atoms with Gasteiger partial charge >= 0.3 is 0 Å². The van der Waals surface area contributed by atoms with Gasteiger partial charge in [-0.2, -0.15) is 0 Å². The lowest BCUT2D eigenvalue weighted by Gasteiger charge is -2.07. The number of hydrogen-bond donors (Lipinski definition) is 0. The van der Waals surface area contributed by atoms with Gasteiger partial charge in [0.05, 0.1) is 38.4 Å². The second kappa shape index (κ2) is 7.03. The third-order valence-corrected chi connectivity index (χ3v) is 12.9. The van der Waals surface area contributed by atoms with Crippen LogP contribution >= 0.6 is 45.3 Å². The molecule has 0 aliphatic rings. The quantitative estimate of drug-likeness (QED) is 0.199. The van der Waals surface area contributed by atoms with Crippen molar-refractivity contribution in [2.75, 3.05) is 0 Å². The van der Waals surface area contributed by atoms with Crippen molar-refractivity contribution in [1.29, 1.82) is 0 Å². The predicted octanol–water partition coefficient (Wildman–Crippen LogP) is 11.3. The summed E-state index contributed by atoms with van der Waals surface area (Å²) in [6, 6.07) is 22.3. The molecule has 6 aromatic heterocycles. The Hall–Kier alpha value is -3.16. The summed E-state index contributed by atoms with van der Waals surface area (Å²) >= 11 is 7.78. The molecule has 0 amide bonds. The molecule has 2 nitrogen and oxygen atoms in total. The number of fused-ring (bicyclic) bond motifs is 13. The molecule has 0 fully saturated rings. The van der Waals surface area contributed by atoms with E-state index >= 15 is 0 Å². The second-order valence-electron chi connectivity index (χ2n) is 10.0. The fourth-order valence-electron chi connectivity index (χ4n) is 5.67. The minimum atomic E-state index is 0.966. The minimum Gasteiger partial charge on any atom is -0.453 e. The second-order valence-corrected chi connectivity index (χ2v) is 14.1. The highest BCUT2D eigenvalue weighted by molar-refractivity contribution is 7.47. The molecule has 0 aliphatic heterocycles. The monoisotopic (exact) mass is 549 g/mol. The first kappa shape index (κ1) is 20.8. The summed E-state index contributed by atoms with van der Waals surface area (Å²) in [7, 11) is 0. The molecule has 178 valence electrons. The average Bonchev–Trinajstić information content (AvgIpc) is 3.67. The van der Waals surface area contributed by atoms with E-state index in [1.807, 2.05) is 45.3 Å². The number of rotatable bonds is 1. The zero-order valence-electron chi connectivity index (χ0n) is 20.3. The Morgan fingerprint density at radius 2 is 1.16 bits per heavy atom. The maximum atomic E-state index is 6.60. The van der Waals surface area contributed by atoms with Crippen LogP contribution in [0.1, 0.15) is 16.7 Å². The highest BCUT2D eigenvalue weighted by Crippen LogP contribution is 2.55. The van der Waals surface area contributed by atoms with Gasteiger partial charge in [0.25, 0.3) is 0 Å². The van der Waals surface area contributed by atoms with E-state index < -0.39 is 0 Å². The lowest BCUT2D eigenvalue weighted by Crippen LogP contribution is -1.93. The maximum Gasteiger partial charge on any atom is 0.171 e. The molecule has 0 radical (unpaired) electrons. The first-order valence-electron chi connectivity index (χ1n) is 12.3. The van der Waals surface area contributed by atoms with Crippen LogP contribution in [0.5, 0.6) is 0 Å². The van der Waals surface area contributed by atoms with Crippen LogP contribution in [0.3, 0.4) is 0 Å². The number of thiophene rings is 4. The van der Waals surface area contributed by atoms with Gasteiger partial charge < -0.3 is 8.98 Å². The van der Waals surface area contributed by atoms with E-state index in [0.29, 0.717) is 0 Å². The van der Waals surface area contributed by atoms with E-state index in [0.717, 1.165) is 11.2 Å². The summed E-state index contributed by atoms with van der Waals surface area (Å²) in [5, 5.41) is 2.57. The number of hydrogen-bond acceptors (Lipinski definition) is 5. The van der Waals surface area contributed by atoms with Crippen LogP contribution in [0.25, 0.3) is 76.3 Å². The third-order valence-electron chi connectivity index (χ3n) is 7.43. The van der Waals surface area contributed by atoms with Crippen molar-refractivity contribution in [1.82, 2.24) is 4.57 Å². The van der Waals surface area contributed by atoms with Gasteiger partial charge in [-0.3, -0.25) is 0 Å². The van der Waals surface area contributed by atoms with Gasteiger partial charge in [0.15, 0.2) is 5.58 Å². The third kappa shape index (κ3) is 2.64. The van der Waals surface area contributed by atoms with E-state index in [1.165, 1.54) is 81.8 Å². The van der Waals surface area contributed by atoms with Gasteiger partial charge in [0.1, 0.15) is 11.1 Å². The number of benzene rings is 3. The molecule has 6 heteroatoms. The average molecular weight is 550 g/mol. The fraction of sp³-hybridized carbons (Fsp3) is 0.0968. The molecule has 0 spiro atoms. The summed E-state index contributed by atoms with van der Waals surface area (Å²) in [6.45, 7) is 6.46. The van der Waals surface area contributed by atoms with Crippen LogP contribution in [-0.4, -0.2) is 4.57 Å². The van der Waals surface area contributed by atoms with Crippen molar-refractivity contribution < 1.29 is 4.42 Å². The first-order valence-corrected chi connectivity index (χ1v) is 15.5. The predicted molar refractivity (Wildman–Crippen MR) is 166 cm³/mol. The summed E-state index contributed by atoms with van der Waals surface area (Å²) < 4.78 is 20.2. The van der Waals surface area contributed by atoms with Crippen molar-refractivity contribution in [3.63, 3.8) is 0 Å². The van der Waals surface area contributed by atoms with Crippen molar-refractivity contribution in [3.8, 4) is 5.69 Å². The Labute approximate surface area is 227 Å². The van der Waals surface area contributed by atoms with E-state index in [2.05, 4.69) is 86.0 Å². The molecule has 9 rings (SSSR count). The molecule has 37 heavy (non-hydrogen) atoms. The fourth-order valence-corrected chi connectivity index (χ4v) is 11.7. The van der Waals surface area contributed by atoms with E-state index in [1.54, 1.807) is 0 Å². The number of nitrogens with zero attached hydrogens (tertiary/aromatic N) is 1. The molecular weight excluding hydrogens is 531 g/mol. The van der Waals surface area contributed by atoms with Crippen molar-refractivity contribution >= 4 is 116 Å². The smallest absolute Gasteiger partial charge is 0.171 e. The lowest BCUT2D eigenvalue weighted by atomic mass is 10.2. The highest BCUT2D eigenvalue weighted by atomic mass is 32.1. The number of furan rings is 1. The molecular formula is C31H19NOS4.